The predicted octanol–water partition coefficient (Wildman–Crippen LogP) is 7.05. The second-order valence-corrected chi connectivity index (χ2v) is 8.30. The van der Waals surface area contributed by atoms with Crippen molar-refractivity contribution in [2.45, 2.75) is 92.5 Å². The Labute approximate surface area is 185 Å². The van der Waals surface area contributed by atoms with Crippen LogP contribution in [0.1, 0.15) is 87.0 Å². The molecule has 1 heterocycles. The van der Waals surface area contributed by atoms with E-state index >= 15 is 0 Å². The van der Waals surface area contributed by atoms with E-state index in [4.69, 9.17) is 11.6 Å². The Morgan fingerprint density at radius 2 is 1.62 bits per heavy atom. The first-order chi connectivity index (χ1) is 13.9. The Kier molecular flexibility index (Phi) is 14.1. The molecule has 1 aliphatic heterocycles. The molecule has 0 aromatic heterocycles. The van der Waals surface area contributed by atoms with Gasteiger partial charge in [0.1, 0.15) is 5.54 Å². The first-order valence-corrected chi connectivity index (χ1v) is 12.0. The van der Waals surface area contributed by atoms with Gasteiger partial charge >= 0.3 is 0 Å². The monoisotopic (exact) mass is 424 g/mol. The largest absolute Gasteiger partial charge is 0.371 e. The van der Waals surface area contributed by atoms with Gasteiger partial charge in [-0.2, -0.15) is 0 Å². The van der Waals surface area contributed by atoms with Crippen molar-refractivity contribution in [3.8, 4) is 0 Å². The van der Waals surface area contributed by atoms with Crippen LogP contribution in [-0.2, 0) is 4.79 Å². The van der Waals surface area contributed by atoms with Crippen molar-refractivity contribution in [1.29, 1.82) is 0 Å². The van der Waals surface area contributed by atoms with Crippen LogP contribution in [0.4, 0.5) is 0 Å². The normalized spacial score (nSPS) is 19.3. The zero-order valence-corrected chi connectivity index (χ0v) is 20.7. The third-order valence-electron chi connectivity index (χ3n) is 5.77. The average Bonchev–Trinajstić information content (AvgIpc) is 3.23. The maximum Gasteiger partial charge on any atom is 0.248 e. The van der Waals surface area contributed by atoms with Crippen LogP contribution in [0.5, 0.6) is 0 Å². The van der Waals surface area contributed by atoms with Gasteiger partial charge in [0.2, 0.25) is 5.91 Å². The van der Waals surface area contributed by atoms with Crippen molar-refractivity contribution in [1.82, 2.24) is 10.2 Å². The van der Waals surface area contributed by atoms with Gasteiger partial charge in [-0.25, -0.2) is 0 Å². The van der Waals surface area contributed by atoms with Crippen molar-refractivity contribution in [3.63, 3.8) is 0 Å². The van der Waals surface area contributed by atoms with E-state index in [1.165, 1.54) is 0 Å². The minimum atomic E-state index is -0.454. The SMILES string of the molecule is C=C(Cl)/C=C\C(=C/C)NC1(C(=O)N2CCC(C(C)C)CC2)CCCC1.CC.CC. The lowest BCUT2D eigenvalue weighted by atomic mass is 9.85. The van der Waals surface area contributed by atoms with E-state index in [0.717, 1.165) is 63.2 Å². The van der Waals surface area contributed by atoms with Crippen LogP contribution in [0, 0.1) is 11.8 Å². The summed E-state index contributed by atoms with van der Waals surface area (Å²) in [7, 11) is 0. The highest BCUT2D eigenvalue weighted by Crippen LogP contribution is 2.34. The van der Waals surface area contributed by atoms with E-state index in [1.807, 2.05) is 46.8 Å². The van der Waals surface area contributed by atoms with E-state index < -0.39 is 5.54 Å². The summed E-state index contributed by atoms with van der Waals surface area (Å²) in [6, 6.07) is 0. The Bertz CT molecular complexity index is 537. The molecule has 0 spiro atoms. The molecule has 0 aromatic carbocycles. The second-order valence-electron chi connectivity index (χ2n) is 7.81. The van der Waals surface area contributed by atoms with Gasteiger partial charge in [-0.15, -0.1) is 0 Å². The third kappa shape index (κ3) is 8.58. The molecule has 2 aliphatic rings. The van der Waals surface area contributed by atoms with E-state index in [2.05, 4.69) is 30.6 Å². The lowest BCUT2D eigenvalue weighted by Gasteiger charge is -2.40. The molecule has 29 heavy (non-hydrogen) atoms. The molecule has 1 amide bonds. The summed E-state index contributed by atoms with van der Waals surface area (Å²) in [5.74, 6) is 1.74. The van der Waals surface area contributed by atoms with Crippen LogP contribution in [0.25, 0.3) is 0 Å². The van der Waals surface area contributed by atoms with Gasteiger partial charge in [0.15, 0.2) is 0 Å². The van der Waals surface area contributed by atoms with Gasteiger partial charge in [-0.1, -0.05) is 78.6 Å². The summed E-state index contributed by atoms with van der Waals surface area (Å²) in [6.45, 7) is 20.0. The van der Waals surface area contributed by atoms with Crippen LogP contribution in [0.15, 0.2) is 35.5 Å². The number of hydrogen-bond donors (Lipinski definition) is 1. The van der Waals surface area contributed by atoms with Crippen molar-refractivity contribution < 1.29 is 4.79 Å². The summed E-state index contributed by atoms with van der Waals surface area (Å²) in [6.07, 6.45) is 11.9. The molecule has 1 saturated carbocycles. The Morgan fingerprint density at radius 3 is 2.03 bits per heavy atom. The number of likely N-dealkylation sites (tertiary alicyclic amines) is 1. The van der Waals surface area contributed by atoms with E-state index in [1.54, 1.807) is 6.08 Å². The number of allylic oxidation sites excluding steroid dienone is 4. The summed E-state index contributed by atoms with van der Waals surface area (Å²) in [5.41, 5.74) is 0.485. The average molecular weight is 425 g/mol. The zero-order valence-electron chi connectivity index (χ0n) is 20.0. The summed E-state index contributed by atoms with van der Waals surface area (Å²) >= 11 is 5.84. The highest BCUT2D eigenvalue weighted by molar-refractivity contribution is 6.30. The van der Waals surface area contributed by atoms with Crippen molar-refractivity contribution in [2.75, 3.05) is 13.1 Å². The van der Waals surface area contributed by atoms with Crippen LogP contribution >= 0.6 is 11.6 Å². The number of nitrogens with one attached hydrogen (secondary N) is 1. The molecular weight excluding hydrogens is 380 g/mol. The number of rotatable bonds is 6. The Hall–Kier alpha value is -1.22. The number of amides is 1. The second kappa shape index (κ2) is 14.7. The van der Waals surface area contributed by atoms with Gasteiger partial charge in [-0.3, -0.25) is 4.79 Å². The minimum absolute atomic E-state index is 0.282. The highest BCUT2D eigenvalue weighted by Gasteiger charge is 2.44. The summed E-state index contributed by atoms with van der Waals surface area (Å²) < 4.78 is 0. The Balaban J connectivity index is 0.00000184. The lowest BCUT2D eigenvalue weighted by molar-refractivity contribution is -0.139. The topological polar surface area (TPSA) is 32.3 Å². The number of hydrogen-bond acceptors (Lipinski definition) is 2. The quantitative estimate of drug-likeness (QED) is 0.463. The van der Waals surface area contributed by atoms with Crippen LogP contribution in [0.3, 0.4) is 0 Å². The number of halogens is 1. The molecule has 0 aromatic rings. The van der Waals surface area contributed by atoms with Crippen molar-refractivity contribution >= 4 is 17.5 Å². The number of nitrogens with zero attached hydrogens (tertiary/aromatic N) is 1. The molecule has 0 bridgehead atoms. The van der Waals surface area contributed by atoms with Crippen molar-refractivity contribution in [2.24, 2.45) is 11.8 Å². The molecule has 2 rings (SSSR count). The fourth-order valence-electron chi connectivity index (χ4n) is 4.11. The highest BCUT2D eigenvalue weighted by atomic mass is 35.5. The fourth-order valence-corrected chi connectivity index (χ4v) is 4.17. The standard InChI is InChI=1S/C21H33ClN2O.2C2H6/c1-5-19(9-8-17(4)22)23-21(12-6-7-13-21)20(25)24-14-10-18(11-15-24)16(2)3;2*1-2/h5,8-9,16,18,23H,4,6-7,10-15H2,1-3H3;2*1-2H3/b9-8-,19-5+;;. The molecule has 3 nitrogen and oxygen atoms in total. The molecule has 168 valence electrons. The van der Waals surface area contributed by atoms with Gasteiger partial charge < -0.3 is 10.2 Å². The van der Waals surface area contributed by atoms with E-state index in [9.17, 15) is 4.79 Å². The van der Waals surface area contributed by atoms with E-state index in [0.29, 0.717) is 11.0 Å². The van der Waals surface area contributed by atoms with Crippen LogP contribution in [0.2, 0.25) is 0 Å². The fraction of sp³-hybridized carbons (Fsp3) is 0.720. The number of carbonyl (C=O) groups is 1. The smallest absolute Gasteiger partial charge is 0.248 e. The maximum atomic E-state index is 13.4. The first-order valence-electron chi connectivity index (χ1n) is 11.6. The molecular formula is C25H45ClN2O. The van der Waals surface area contributed by atoms with E-state index in [-0.39, 0.29) is 5.91 Å². The Morgan fingerprint density at radius 1 is 1.10 bits per heavy atom. The molecule has 1 N–H and O–H groups in total. The number of carbonyl (C=O) groups excluding carboxylic acids is 1. The van der Waals surface area contributed by atoms with Gasteiger partial charge in [0.05, 0.1) is 0 Å². The van der Waals surface area contributed by atoms with Gasteiger partial charge in [-0.05, 0) is 56.6 Å². The third-order valence-corrected chi connectivity index (χ3v) is 5.90. The molecule has 0 atom stereocenters. The van der Waals surface area contributed by atoms with Crippen molar-refractivity contribution in [3.05, 3.63) is 35.5 Å². The molecule has 2 fully saturated rings. The minimum Gasteiger partial charge on any atom is -0.371 e. The predicted molar refractivity (Wildman–Crippen MR) is 129 cm³/mol. The molecule has 0 radical (unpaired) electrons. The molecule has 0 unspecified atom stereocenters. The first kappa shape index (κ1) is 27.8. The summed E-state index contributed by atoms with van der Waals surface area (Å²) in [4.78, 5) is 15.4. The lowest BCUT2D eigenvalue weighted by Crippen LogP contribution is -2.57. The molecule has 1 saturated heterocycles. The van der Waals surface area contributed by atoms with Gasteiger partial charge in [0, 0.05) is 23.8 Å². The van der Waals surface area contributed by atoms with Crippen LogP contribution < -0.4 is 5.32 Å². The van der Waals surface area contributed by atoms with Crippen LogP contribution in [-0.4, -0.2) is 29.4 Å². The summed E-state index contributed by atoms with van der Waals surface area (Å²) in [5, 5.41) is 4.04. The zero-order chi connectivity index (χ0) is 22.4. The maximum absolute atomic E-state index is 13.4. The van der Waals surface area contributed by atoms with Gasteiger partial charge in [0.25, 0.3) is 0 Å². The molecule has 4 heteroatoms. The molecule has 1 aliphatic carbocycles. The number of piperidine rings is 1.